The molecule has 2 N–H and O–H groups in total. The lowest BCUT2D eigenvalue weighted by Crippen LogP contribution is -2.39. The highest BCUT2D eigenvalue weighted by Crippen LogP contribution is 2.24. The van der Waals surface area contributed by atoms with Crippen molar-refractivity contribution in [3.8, 4) is 0 Å². The summed E-state index contributed by atoms with van der Waals surface area (Å²) < 4.78 is 0. The van der Waals surface area contributed by atoms with Gasteiger partial charge in [0.05, 0.1) is 5.56 Å². The molecule has 0 aromatic carbocycles. The first-order valence-electron chi connectivity index (χ1n) is 8.95. The number of carbonyl (C=O) groups is 1. The molecule has 7 heteroatoms. The van der Waals surface area contributed by atoms with E-state index in [9.17, 15) is 4.79 Å². The lowest BCUT2D eigenvalue weighted by atomic mass is 9.91. The minimum Gasteiger partial charge on any atom is -0.383 e. The summed E-state index contributed by atoms with van der Waals surface area (Å²) in [4.78, 5) is 29.5. The third-order valence-corrected chi connectivity index (χ3v) is 4.80. The van der Waals surface area contributed by atoms with E-state index in [-0.39, 0.29) is 5.91 Å². The molecule has 0 unspecified atom stereocenters. The summed E-state index contributed by atoms with van der Waals surface area (Å²) in [6, 6.07) is 5.54. The number of nitrogens with zero attached hydrogens (tertiary/aromatic N) is 5. The largest absolute Gasteiger partial charge is 0.383 e. The highest BCUT2D eigenvalue weighted by atomic mass is 16.2. The summed E-state index contributed by atoms with van der Waals surface area (Å²) in [5.41, 5.74) is 7.40. The van der Waals surface area contributed by atoms with E-state index in [2.05, 4.69) is 21.0 Å². The van der Waals surface area contributed by atoms with E-state index in [1.807, 2.05) is 30.8 Å². The summed E-state index contributed by atoms with van der Waals surface area (Å²) in [5.74, 6) is 2.53. The first kappa shape index (κ1) is 18.1. The second-order valence-electron chi connectivity index (χ2n) is 7.04. The molecule has 0 atom stereocenters. The van der Waals surface area contributed by atoms with Crippen molar-refractivity contribution >= 4 is 17.5 Å². The number of carbonyl (C=O) groups excluding carboxylic acids is 1. The van der Waals surface area contributed by atoms with Crippen molar-refractivity contribution in [2.24, 2.45) is 5.92 Å². The molecule has 2 aromatic heterocycles. The number of aromatic nitrogens is 3. The van der Waals surface area contributed by atoms with Crippen LogP contribution in [-0.4, -0.2) is 52.9 Å². The minimum absolute atomic E-state index is 0.0261. The zero-order chi connectivity index (χ0) is 18.7. The SMILES string of the molecule is Cc1nc(CC2CCN(C(=O)c3cccnc3N)CC2)cc(N(C)C)n1. The van der Waals surface area contributed by atoms with E-state index in [1.165, 1.54) is 0 Å². The molecular formula is C19H26N6O. The van der Waals surface area contributed by atoms with E-state index in [0.717, 1.165) is 49.7 Å². The molecule has 1 aliphatic heterocycles. The highest BCUT2D eigenvalue weighted by Gasteiger charge is 2.25. The number of aryl methyl sites for hydroxylation is 1. The maximum Gasteiger partial charge on any atom is 0.257 e. The molecule has 3 heterocycles. The van der Waals surface area contributed by atoms with E-state index in [4.69, 9.17) is 5.73 Å². The first-order valence-corrected chi connectivity index (χ1v) is 8.95. The van der Waals surface area contributed by atoms with Gasteiger partial charge in [0.15, 0.2) is 0 Å². The third kappa shape index (κ3) is 4.09. The number of hydrogen-bond donors (Lipinski definition) is 1. The predicted octanol–water partition coefficient (Wildman–Crippen LogP) is 1.92. The van der Waals surface area contributed by atoms with Gasteiger partial charge in [-0.1, -0.05) is 0 Å². The van der Waals surface area contributed by atoms with Crippen LogP contribution in [0.15, 0.2) is 24.4 Å². The molecule has 1 fully saturated rings. The second-order valence-corrected chi connectivity index (χ2v) is 7.04. The molecule has 0 radical (unpaired) electrons. The van der Waals surface area contributed by atoms with Crippen molar-refractivity contribution in [1.29, 1.82) is 0 Å². The predicted molar refractivity (Wildman–Crippen MR) is 102 cm³/mol. The van der Waals surface area contributed by atoms with E-state index < -0.39 is 0 Å². The number of piperidine rings is 1. The van der Waals surface area contributed by atoms with Crippen LogP contribution in [-0.2, 0) is 6.42 Å². The Hall–Kier alpha value is -2.70. The van der Waals surface area contributed by atoms with Gasteiger partial charge < -0.3 is 15.5 Å². The Kier molecular flexibility index (Phi) is 5.35. The summed E-state index contributed by atoms with van der Waals surface area (Å²) in [5, 5.41) is 0. The van der Waals surface area contributed by atoms with Gasteiger partial charge in [0.2, 0.25) is 0 Å². The van der Waals surface area contributed by atoms with E-state index >= 15 is 0 Å². The Morgan fingerprint density at radius 2 is 2.04 bits per heavy atom. The number of amides is 1. The molecule has 0 bridgehead atoms. The number of pyridine rings is 1. The maximum absolute atomic E-state index is 12.6. The Morgan fingerprint density at radius 1 is 1.31 bits per heavy atom. The van der Waals surface area contributed by atoms with Crippen LogP contribution in [0.3, 0.4) is 0 Å². The van der Waals surface area contributed by atoms with Crippen LogP contribution >= 0.6 is 0 Å². The maximum atomic E-state index is 12.6. The van der Waals surface area contributed by atoms with Crippen LogP contribution in [0.5, 0.6) is 0 Å². The summed E-state index contributed by atoms with van der Waals surface area (Å²) in [6.07, 6.45) is 4.45. The molecule has 1 aliphatic rings. The molecule has 0 saturated carbocycles. The van der Waals surface area contributed by atoms with Gasteiger partial charge in [0.25, 0.3) is 5.91 Å². The molecule has 0 spiro atoms. The van der Waals surface area contributed by atoms with Crippen molar-refractivity contribution in [2.75, 3.05) is 37.8 Å². The number of likely N-dealkylation sites (tertiary alicyclic amines) is 1. The first-order chi connectivity index (χ1) is 12.4. The summed E-state index contributed by atoms with van der Waals surface area (Å²) in [6.45, 7) is 3.40. The Balaban J connectivity index is 1.61. The monoisotopic (exact) mass is 354 g/mol. The Bertz CT molecular complexity index is 783. The number of nitrogen functional groups attached to an aromatic ring is 1. The van der Waals surface area contributed by atoms with E-state index in [1.54, 1.807) is 18.3 Å². The standard InChI is InChI=1S/C19H26N6O/c1-13-22-15(12-17(23-13)24(2)3)11-14-6-9-25(10-7-14)19(26)16-5-4-8-21-18(16)20/h4-5,8,12,14H,6-7,9-11H2,1-3H3,(H2,20,21). The van der Waals surface area contributed by atoms with Gasteiger partial charge in [0.1, 0.15) is 17.5 Å². The molecule has 7 nitrogen and oxygen atoms in total. The smallest absolute Gasteiger partial charge is 0.257 e. The molecule has 1 amide bonds. The van der Waals surface area contributed by atoms with Crippen LogP contribution in [0, 0.1) is 12.8 Å². The van der Waals surface area contributed by atoms with Crippen molar-refractivity contribution in [1.82, 2.24) is 19.9 Å². The van der Waals surface area contributed by atoms with Crippen molar-refractivity contribution in [2.45, 2.75) is 26.2 Å². The average Bonchev–Trinajstić information content (AvgIpc) is 2.61. The van der Waals surface area contributed by atoms with Gasteiger partial charge in [0, 0.05) is 45.1 Å². The zero-order valence-corrected chi connectivity index (χ0v) is 15.6. The second kappa shape index (κ2) is 7.68. The molecule has 0 aliphatic carbocycles. The number of nitrogens with two attached hydrogens (primary N) is 1. The lowest BCUT2D eigenvalue weighted by molar-refractivity contribution is 0.0691. The summed E-state index contributed by atoms with van der Waals surface area (Å²) in [7, 11) is 3.97. The highest BCUT2D eigenvalue weighted by molar-refractivity contribution is 5.98. The van der Waals surface area contributed by atoms with Crippen molar-refractivity contribution in [3.05, 3.63) is 41.5 Å². The van der Waals surface area contributed by atoms with Gasteiger partial charge >= 0.3 is 0 Å². The number of rotatable bonds is 4. The fourth-order valence-corrected chi connectivity index (χ4v) is 3.35. The average molecular weight is 354 g/mol. The minimum atomic E-state index is -0.0261. The molecular weight excluding hydrogens is 328 g/mol. The molecule has 26 heavy (non-hydrogen) atoms. The van der Waals surface area contributed by atoms with Gasteiger partial charge in [-0.3, -0.25) is 4.79 Å². The third-order valence-electron chi connectivity index (χ3n) is 4.80. The van der Waals surface area contributed by atoms with Crippen molar-refractivity contribution < 1.29 is 4.79 Å². The topological polar surface area (TPSA) is 88.2 Å². The normalized spacial score (nSPS) is 15.1. The summed E-state index contributed by atoms with van der Waals surface area (Å²) >= 11 is 0. The van der Waals surface area contributed by atoms with Gasteiger partial charge in [-0.05, 0) is 44.2 Å². The van der Waals surface area contributed by atoms with Crippen LogP contribution in [0.4, 0.5) is 11.6 Å². The van der Waals surface area contributed by atoms with Crippen LogP contribution < -0.4 is 10.6 Å². The van der Waals surface area contributed by atoms with Gasteiger partial charge in [-0.15, -0.1) is 0 Å². The molecule has 2 aromatic rings. The van der Waals surface area contributed by atoms with Gasteiger partial charge in [-0.25, -0.2) is 15.0 Å². The van der Waals surface area contributed by atoms with Crippen molar-refractivity contribution in [3.63, 3.8) is 0 Å². The number of anilines is 2. The van der Waals surface area contributed by atoms with E-state index in [0.29, 0.717) is 17.3 Å². The van der Waals surface area contributed by atoms with Gasteiger partial charge in [-0.2, -0.15) is 0 Å². The fraction of sp³-hybridized carbons (Fsp3) is 0.474. The van der Waals surface area contributed by atoms with Crippen LogP contribution in [0.2, 0.25) is 0 Å². The lowest BCUT2D eigenvalue weighted by Gasteiger charge is -2.32. The quantitative estimate of drug-likeness (QED) is 0.902. The van der Waals surface area contributed by atoms with Crippen LogP contribution in [0.1, 0.15) is 34.7 Å². The van der Waals surface area contributed by atoms with Crippen LogP contribution in [0.25, 0.3) is 0 Å². The number of hydrogen-bond acceptors (Lipinski definition) is 6. The zero-order valence-electron chi connectivity index (χ0n) is 15.6. The molecule has 1 saturated heterocycles. The molecule has 3 rings (SSSR count). The Labute approximate surface area is 154 Å². The molecule has 138 valence electrons. The fourth-order valence-electron chi connectivity index (χ4n) is 3.35. The Morgan fingerprint density at radius 3 is 2.69 bits per heavy atom.